The predicted molar refractivity (Wildman–Crippen MR) is 138 cm³/mol. The Morgan fingerprint density at radius 3 is 2.43 bits per heavy atom. The number of aryl methyl sites for hydroxylation is 1. The molecule has 2 N–H and O–H groups in total. The molecule has 5 rings (SSSR count). The summed E-state index contributed by atoms with van der Waals surface area (Å²) in [6.07, 6.45) is 4.35. The van der Waals surface area contributed by atoms with Crippen LogP contribution in [-0.2, 0) is 32.5 Å². The smallest absolute Gasteiger partial charge is 0.241 e. The van der Waals surface area contributed by atoms with E-state index in [1.807, 2.05) is 35.2 Å². The van der Waals surface area contributed by atoms with Gasteiger partial charge < -0.3 is 15.1 Å². The van der Waals surface area contributed by atoms with E-state index in [2.05, 4.69) is 20.0 Å². The van der Waals surface area contributed by atoms with Gasteiger partial charge in [0, 0.05) is 50.7 Å². The first-order valence-corrected chi connectivity index (χ1v) is 13.7. The average Bonchev–Trinajstić information content (AvgIpc) is 2.93. The second-order valence-electron chi connectivity index (χ2n) is 9.09. The lowest BCUT2D eigenvalue weighted by Crippen LogP contribution is -2.55. The summed E-state index contributed by atoms with van der Waals surface area (Å²) in [5.74, 6) is 0.250. The van der Waals surface area contributed by atoms with Crippen molar-refractivity contribution in [1.82, 2.24) is 19.6 Å². The summed E-state index contributed by atoms with van der Waals surface area (Å²) in [5.41, 5.74) is 2.23. The van der Waals surface area contributed by atoms with Crippen molar-refractivity contribution in [3.63, 3.8) is 0 Å². The standard InChI is InChI=1S/C26H28N6O4S/c33-24-10-7-20-18-21(8-9-22(20)29-24)37(35,36)30-23(17-19-5-2-1-3-6-19)25(34)31-13-15-32(16-14-31)26-27-11-4-12-28-26/h1-6,8-9,11-12,18,23,30H,7,10,13-17H2,(H,29,33)/t23-/m1/s1. The molecule has 192 valence electrons. The van der Waals surface area contributed by atoms with Crippen molar-refractivity contribution in [3.8, 4) is 0 Å². The van der Waals surface area contributed by atoms with Crippen molar-refractivity contribution in [2.75, 3.05) is 36.4 Å². The fourth-order valence-electron chi connectivity index (χ4n) is 4.61. The summed E-state index contributed by atoms with van der Waals surface area (Å²) in [7, 11) is -4.00. The van der Waals surface area contributed by atoms with E-state index in [0.29, 0.717) is 50.7 Å². The Kier molecular flexibility index (Phi) is 7.15. The lowest BCUT2D eigenvalue weighted by Gasteiger charge is -2.36. The monoisotopic (exact) mass is 520 g/mol. The molecule has 0 unspecified atom stereocenters. The van der Waals surface area contributed by atoms with Crippen LogP contribution in [-0.4, -0.2) is 67.3 Å². The summed E-state index contributed by atoms with van der Waals surface area (Å²) < 4.78 is 29.5. The molecule has 2 aliphatic heterocycles. The van der Waals surface area contributed by atoms with E-state index in [0.717, 1.165) is 11.1 Å². The van der Waals surface area contributed by atoms with Gasteiger partial charge in [0.15, 0.2) is 0 Å². The van der Waals surface area contributed by atoms with Gasteiger partial charge in [-0.15, -0.1) is 0 Å². The highest BCUT2D eigenvalue weighted by Gasteiger charge is 2.32. The number of aromatic nitrogens is 2. The van der Waals surface area contributed by atoms with E-state index in [1.165, 1.54) is 6.07 Å². The summed E-state index contributed by atoms with van der Waals surface area (Å²) in [4.78, 5) is 37.6. The third kappa shape index (κ3) is 5.78. The van der Waals surface area contributed by atoms with Gasteiger partial charge in [0.2, 0.25) is 27.8 Å². The number of rotatable bonds is 7. The zero-order valence-corrected chi connectivity index (χ0v) is 21.0. The number of carbonyl (C=O) groups excluding carboxylic acids is 2. The lowest BCUT2D eigenvalue weighted by molar-refractivity contribution is -0.133. The zero-order chi connectivity index (χ0) is 25.8. The van der Waals surface area contributed by atoms with Crippen molar-refractivity contribution in [3.05, 3.63) is 78.1 Å². The first-order chi connectivity index (χ1) is 17.9. The number of anilines is 2. The minimum absolute atomic E-state index is 0.0688. The minimum atomic E-state index is -4.00. The molecule has 2 aliphatic rings. The first-order valence-electron chi connectivity index (χ1n) is 12.2. The van der Waals surface area contributed by atoms with Crippen LogP contribution in [0.2, 0.25) is 0 Å². The van der Waals surface area contributed by atoms with Crippen LogP contribution in [0.5, 0.6) is 0 Å². The third-order valence-corrected chi connectivity index (χ3v) is 8.06. The van der Waals surface area contributed by atoms with E-state index >= 15 is 0 Å². The maximum absolute atomic E-state index is 13.6. The number of piperazine rings is 1. The highest BCUT2D eigenvalue weighted by Crippen LogP contribution is 2.26. The van der Waals surface area contributed by atoms with Crippen molar-refractivity contribution in [2.24, 2.45) is 0 Å². The molecule has 1 aromatic heterocycles. The number of nitrogens with zero attached hydrogens (tertiary/aromatic N) is 4. The second-order valence-corrected chi connectivity index (χ2v) is 10.8. The van der Waals surface area contributed by atoms with E-state index in [9.17, 15) is 18.0 Å². The second kappa shape index (κ2) is 10.7. The summed E-state index contributed by atoms with van der Waals surface area (Å²) in [5, 5.41) is 2.76. The normalized spacial score (nSPS) is 16.6. The number of carbonyl (C=O) groups is 2. The number of nitrogens with one attached hydrogen (secondary N) is 2. The largest absolute Gasteiger partial charge is 0.338 e. The van der Waals surface area contributed by atoms with Crippen molar-refractivity contribution < 1.29 is 18.0 Å². The molecular weight excluding hydrogens is 492 g/mol. The Morgan fingerprint density at radius 1 is 0.973 bits per heavy atom. The molecule has 37 heavy (non-hydrogen) atoms. The van der Waals surface area contributed by atoms with Gasteiger partial charge in [0.05, 0.1) is 4.90 Å². The number of hydrogen-bond acceptors (Lipinski definition) is 7. The Balaban J connectivity index is 1.34. The quantitative estimate of drug-likeness (QED) is 0.485. The number of sulfonamides is 1. The number of benzene rings is 2. The Labute approximate surface area is 215 Å². The summed E-state index contributed by atoms with van der Waals surface area (Å²) >= 11 is 0. The highest BCUT2D eigenvalue weighted by atomic mass is 32.2. The predicted octanol–water partition coefficient (Wildman–Crippen LogP) is 1.60. The molecule has 0 spiro atoms. The van der Waals surface area contributed by atoms with Crippen molar-refractivity contribution >= 4 is 33.5 Å². The number of amides is 2. The molecule has 10 nitrogen and oxygen atoms in total. The fraction of sp³-hybridized carbons (Fsp3) is 0.308. The van der Waals surface area contributed by atoms with Gasteiger partial charge in [0.1, 0.15) is 6.04 Å². The van der Waals surface area contributed by atoms with Gasteiger partial charge in [0.25, 0.3) is 0 Å². The zero-order valence-electron chi connectivity index (χ0n) is 20.2. The van der Waals surface area contributed by atoms with E-state index in [-0.39, 0.29) is 23.1 Å². The molecule has 3 heterocycles. The van der Waals surface area contributed by atoms with Gasteiger partial charge in [-0.3, -0.25) is 9.59 Å². The van der Waals surface area contributed by atoms with Crippen molar-refractivity contribution in [2.45, 2.75) is 30.2 Å². The van der Waals surface area contributed by atoms with Crippen molar-refractivity contribution in [1.29, 1.82) is 0 Å². The van der Waals surface area contributed by atoms with Crippen LogP contribution in [0.4, 0.5) is 11.6 Å². The molecule has 1 fully saturated rings. The van der Waals surface area contributed by atoms with Gasteiger partial charge in [-0.05, 0) is 48.2 Å². The third-order valence-electron chi connectivity index (χ3n) is 6.59. The molecular formula is C26H28N6O4S. The molecule has 0 aliphatic carbocycles. The Morgan fingerprint density at radius 2 is 1.70 bits per heavy atom. The lowest BCUT2D eigenvalue weighted by atomic mass is 10.0. The van der Waals surface area contributed by atoms with Crippen LogP contribution in [0.15, 0.2) is 71.9 Å². The van der Waals surface area contributed by atoms with Crippen LogP contribution < -0.4 is 14.9 Å². The van der Waals surface area contributed by atoms with Crippen LogP contribution >= 0.6 is 0 Å². The van der Waals surface area contributed by atoms with Crippen LogP contribution in [0.25, 0.3) is 0 Å². The van der Waals surface area contributed by atoms with E-state index < -0.39 is 16.1 Å². The summed E-state index contributed by atoms with van der Waals surface area (Å²) in [6, 6.07) is 14.8. The molecule has 1 saturated heterocycles. The first kappa shape index (κ1) is 24.8. The van der Waals surface area contributed by atoms with Gasteiger partial charge in [-0.2, -0.15) is 4.72 Å². The maximum Gasteiger partial charge on any atom is 0.241 e. The van der Waals surface area contributed by atoms with Crippen LogP contribution in [0.3, 0.4) is 0 Å². The molecule has 2 amide bonds. The maximum atomic E-state index is 13.6. The Bertz CT molecular complexity index is 1380. The molecule has 0 radical (unpaired) electrons. The molecule has 11 heteroatoms. The van der Waals surface area contributed by atoms with Gasteiger partial charge >= 0.3 is 0 Å². The highest BCUT2D eigenvalue weighted by molar-refractivity contribution is 7.89. The fourth-order valence-corrected chi connectivity index (χ4v) is 5.85. The molecule has 2 aromatic carbocycles. The number of fused-ring (bicyclic) bond motifs is 1. The Hall–Kier alpha value is -3.83. The topological polar surface area (TPSA) is 125 Å². The minimum Gasteiger partial charge on any atom is -0.338 e. The van der Waals surface area contributed by atoms with E-state index in [4.69, 9.17) is 0 Å². The molecule has 0 saturated carbocycles. The summed E-state index contributed by atoms with van der Waals surface area (Å²) in [6.45, 7) is 1.97. The van der Waals surface area contributed by atoms with Crippen LogP contribution in [0, 0.1) is 0 Å². The SMILES string of the molecule is O=C1CCc2cc(S(=O)(=O)N[C@H](Cc3ccccc3)C(=O)N3CCN(c4ncccn4)CC3)ccc2N1. The number of hydrogen-bond donors (Lipinski definition) is 2. The molecule has 3 aromatic rings. The van der Waals surface area contributed by atoms with Gasteiger partial charge in [-0.25, -0.2) is 18.4 Å². The van der Waals surface area contributed by atoms with E-state index in [1.54, 1.807) is 35.5 Å². The molecule has 1 atom stereocenters. The average molecular weight is 521 g/mol. The van der Waals surface area contributed by atoms with Crippen LogP contribution in [0.1, 0.15) is 17.5 Å². The molecule has 0 bridgehead atoms. The van der Waals surface area contributed by atoms with Gasteiger partial charge in [-0.1, -0.05) is 30.3 Å².